The maximum Gasteiger partial charge on any atom is 0.257 e. The van der Waals surface area contributed by atoms with Gasteiger partial charge in [0.2, 0.25) is 0 Å². The van der Waals surface area contributed by atoms with Crippen molar-refractivity contribution in [2.45, 2.75) is 12.5 Å². The third-order valence-electron chi connectivity index (χ3n) is 5.23. The molecule has 0 saturated carbocycles. The molecule has 2 aromatic rings. The number of benzene rings is 1. The average Bonchev–Trinajstić information content (AvgIpc) is 3.44. The summed E-state index contributed by atoms with van der Waals surface area (Å²) < 4.78 is 16.3. The number of morpholine rings is 1. The molecule has 0 spiro atoms. The molecule has 1 saturated heterocycles. The van der Waals surface area contributed by atoms with Gasteiger partial charge in [0.05, 0.1) is 50.6 Å². The van der Waals surface area contributed by atoms with Crippen molar-refractivity contribution in [2.75, 3.05) is 47.1 Å². The zero-order valence-corrected chi connectivity index (χ0v) is 17.5. The molecular formula is C21H25N3O4S. The van der Waals surface area contributed by atoms with Crippen LogP contribution in [0.5, 0.6) is 11.5 Å². The highest BCUT2D eigenvalue weighted by atomic mass is 32.1. The van der Waals surface area contributed by atoms with Gasteiger partial charge in [-0.25, -0.2) is 5.01 Å². The van der Waals surface area contributed by atoms with E-state index in [1.807, 2.05) is 35.7 Å². The molecule has 1 unspecified atom stereocenters. The number of hydrogen-bond acceptors (Lipinski definition) is 7. The molecule has 1 aromatic heterocycles. The number of ether oxygens (including phenoxy) is 3. The summed E-state index contributed by atoms with van der Waals surface area (Å²) in [5.41, 5.74) is 1.86. The van der Waals surface area contributed by atoms with E-state index in [0.717, 1.165) is 29.2 Å². The third kappa shape index (κ3) is 4.29. The van der Waals surface area contributed by atoms with E-state index in [1.54, 1.807) is 30.6 Å². The number of carbonyl (C=O) groups is 1. The Kier molecular flexibility index (Phi) is 6.13. The Morgan fingerprint density at radius 1 is 1.24 bits per heavy atom. The van der Waals surface area contributed by atoms with Crippen LogP contribution in [0.1, 0.15) is 22.9 Å². The van der Waals surface area contributed by atoms with Crippen LogP contribution in [-0.4, -0.2) is 68.6 Å². The Morgan fingerprint density at radius 3 is 2.76 bits per heavy atom. The van der Waals surface area contributed by atoms with Crippen LogP contribution in [0.25, 0.3) is 0 Å². The first kappa shape index (κ1) is 19.9. The first-order valence-electron chi connectivity index (χ1n) is 9.65. The summed E-state index contributed by atoms with van der Waals surface area (Å²) >= 11 is 1.64. The molecule has 1 amide bonds. The Balaban J connectivity index is 1.63. The van der Waals surface area contributed by atoms with E-state index >= 15 is 0 Å². The summed E-state index contributed by atoms with van der Waals surface area (Å²) in [4.78, 5) is 16.4. The van der Waals surface area contributed by atoms with Gasteiger partial charge in [-0.05, 0) is 23.6 Å². The normalized spacial score (nSPS) is 19.9. The van der Waals surface area contributed by atoms with Gasteiger partial charge in [0, 0.05) is 31.1 Å². The summed E-state index contributed by atoms with van der Waals surface area (Å²) in [5.74, 6) is 1.40. The summed E-state index contributed by atoms with van der Waals surface area (Å²) in [6.07, 6.45) is 0.651. The molecule has 29 heavy (non-hydrogen) atoms. The standard InChI is InChI=1S/C21H25N3O4S/c1-26-15-5-6-16(19(12-15)27-2)18-13-17(20-4-3-11-29-20)22-24(18)21(25)14-23-7-9-28-10-8-23/h3-6,11-12,18H,7-10,13-14H2,1-2H3. The molecule has 0 radical (unpaired) electrons. The monoisotopic (exact) mass is 415 g/mol. The van der Waals surface area contributed by atoms with Crippen molar-refractivity contribution in [1.82, 2.24) is 9.91 Å². The maximum absolute atomic E-state index is 13.2. The molecule has 1 atom stereocenters. The second-order valence-electron chi connectivity index (χ2n) is 6.98. The minimum Gasteiger partial charge on any atom is -0.497 e. The zero-order chi connectivity index (χ0) is 20.2. The molecule has 8 heteroatoms. The summed E-state index contributed by atoms with van der Waals surface area (Å²) in [7, 11) is 3.26. The molecule has 3 heterocycles. The Morgan fingerprint density at radius 2 is 2.07 bits per heavy atom. The van der Waals surface area contributed by atoms with Gasteiger partial charge in [0.25, 0.3) is 5.91 Å². The Bertz CT molecular complexity index is 878. The second-order valence-corrected chi connectivity index (χ2v) is 7.93. The van der Waals surface area contributed by atoms with Crippen LogP contribution in [0.3, 0.4) is 0 Å². The quantitative estimate of drug-likeness (QED) is 0.726. The molecule has 0 bridgehead atoms. The van der Waals surface area contributed by atoms with E-state index in [1.165, 1.54) is 0 Å². The highest BCUT2D eigenvalue weighted by Crippen LogP contribution is 2.39. The smallest absolute Gasteiger partial charge is 0.257 e. The lowest BCUT2D eigenvalue weighted by Crippen LogP contribution is -2.43. The highest BCUT2D eigenvalue weighted by Gasteiger charge is 2.35. The molecule has 1 fully saturated rings. The average molecular weight is 416 g/mol. The van der Waals surface area contributed by atoms with Crippen molar-refractivity contribution in [3.8, 4) is 11.5 Å². The second kappa shape index (κ2) is 8.94. The number of rotatable bonds is 6. The molecule has 7 nitrogen and oxygen atoms in total. The minimum absolute atomic E-state index is 0.0127. The topological polar surface area (TPSA) is 63.6 Å². The van der Waals surface area contributed by atoms with Crippen molar-refractivity contribution in [3.63, 3.8) is 0 Å². The number of thiophene rings is 1. The Labute approximate surface area is 174 Å². The van der Waals surface area contributed by atoms with Crippen LogP contribution in [0.4, 0.5) is 0 Å². The fourth-order valence-corrected chi connectivity index (χ4v) is 4.41. The molecule has 0 aliphatic carbocycles. The molecule has 0 N–H and O–H groups in total. The predicted molar refractivity (Wildman–Crippen MR) is 112 cm³/mol. The van der Waals surface area contributed by atoms with Crippen LogP contribution in [0.15, 0.2) is 40.8 Å². The fourth-order valence-electron chi connectivity index (χ4n) is 3.69. The van der Waals surface area contributed by atoms with Crippen LogP contribution >= 0.6 is 11.3 Å². The number of carbonyl (C=O) groups excluding carboxylic acids is 1. The lowest BCUT2D eigenvalue weighted by Gasteiger charge is -2.29. The predicted octanol–water partition coefficient (Wildman–Crippen LogP) is 2.78. The zero-order valence-electron chi connectivity index (χ0n) is 16.7. The third-order valence-corrected chi connectivity index (χ3v) is 6.15. The summed E-state index contributed by atoms with van der Waals surface area (Å²) in [6, 6.07) is 9.55. The van der Waals surface area contributed by atoms with Gasteiger partial charge in [-0.15, -0.1) is 11.3 Å². The molecule has 2 aliphatic rings. The number of hydrazone groups is 1. The SMILES string of the molecule is COc1ccc(C2CC(c3cccs3)=NN2C(=O)CN2CCOCC2)c(OC)c1. The minimum atomic E-state index is -0.207. The van der Waals surface area contributed by atoms with Crippen molar-refractivity contribution in [3.05, 3.63) is 46.2 Å². The first-order chi connectivity index (χ1) is 14.2. The van der Waals surface area contributed by atoms with Gasteiger partial charge in [0.1, 0.15) is 11.5 Å². The summed E-state index contributed by atoms with van der Waals surface area (Å²) in [5, 5.41) is 8.40. The van der Waals surface area contributed by atoms with E-state index in [-0.39, 0.29) is 11.9 Å². The molecule has 1 aromatic carbocycles. The van der Waals surface area contributed by atoms with Crippen molar-refractivity contribution >= 4 is 23.0 Å². The van der Waals surface area contributed by atoms with Crippen LogP contribution in [-0.2, 0) is 9.53 Å². The van der Waals surface area contributed by atoms with Crippen LogP contribution in [0.2, 0.25) is 0 Å². The molecule has 4 rings (SSSR count). The van der Waals surface area contributed by atoms with Gasteiger partial charge in [-0.3, -0.25) is 9.69 Å². The van der Waals surface area contributed by atoms with Gasteiger partial charge < -0.3 is 14.2 Å². The lowest BCUT2D eigenvalue weighted by atomic mass is 9.99. The van der Waals surface area contributed by atoms with Crippen molar-refractivity contribution < 1.29 is 19.0 Å². The Hall–Kier alpha value is -2.42. The van der Waals surface area contributed by atoms with Gasteiger partial charge in [0.15, 0.2) is 0 Å². The molecule has 154 valence electrons. The van der Waals surface area contributed by atoms with Crippen LogP contribution < -0.4 is 9.47 Å². The number of amides is 1. The van der Waals surface area contributed by atoms with Crippen molar-refractivity contribution in [2.24, 2.45) is 5.10 Å². The molecule has 2 aliphatic heterocycles. The van der Waals surface area contributed by atoms with Gasteiger partial charge >= 0.3 is 0 Å². The van der Waals surface area contributed by atoms with Gasteiger partial charge in [-0.2, -0.15) is 5.10 Å². The van der Waals surface area contributed by atoms with Gasteiger partial charge in [-0.1, -0.05) is 6.07 Å². The first-order valence-corrected chi connectivity index (χ1v) is 10.5. The fraction of sp³-hybridized carbons (Fsp3) is 0.429. The molecular weight excluding hydrogens is 390 g/mol. The van der Waals surface area contributed by atoms with E-state index in [4.69, 9.17) is 19.3 Å². The van der Waals surface area contributed by atoms with E-state index < -0.39 is 0 Å². The maximum atomic E-state index is 13.2. The number of hydrogen-bond donors (Lipinski definition) is 0. The van der Waals surface area contributed by atoms with E-state index in [9.17, 15) is 4.79 Å². The van der Waals surface area contributed by atoms with E-state index in [0.29, 0.717) is 37.7 Å². The van der Waals surface area contributed by atoms with Crippen molar-refractivity contribution in [1.29, 1.82) is 0 Å². The number of methoxy groups -OCH3 is 2. The highest BCUT2D eigenvalue weighted by molar-refractivity contribution is 7.12. The van der Waals surface area contributed by atoms with Crippen LogP contribution in [0, 0.1) is 0 Å². The largest absolute Gasteiger partial charge is 0.497 e. The number of nitrogens with zero attached hydrogens (tertiary/aromatic N) is 3. The lowest BCUT2D eigenvalue weighted by molar-refractivity contribution is -0.135. The van der Waals surface area contributed by atoms with E-state index in [2.05, 4.69) is 4.90 Å². The summed E-state index contributed by atoms with van der Waals surface area (Å²) in [6.45, 7) is 3.17.